The fourth-order valence-corrected chi connectivity index (χ4v) is 12.6. The fourth-order valence-electron chi connectivity index (χ4n) is 11.5. The molecule has 3 fully saturated rings. The SMILES string of the molecule is C=CC(=O)N1CCN(c2nc(OCCN3CCC(OCCOc4cc([C@H](C(=O)N5C[C@H](O)C[C@H]5C(=O)N[C@@H](C)c5ccc(-c6scnc6C)cc5)C(C)C)on4)CC3)nc3c(F)c(-c4cc(O)cc5ccccc45)c(Cl)cc23)C[C@@H]1CC#N. The van der Waals surface area contributed by atoms with Crippen LogP contribution in [0.2, 0.25) is 5.02 Å². The van der Waals surface area contributed by atoms with Crippen molar-refractivity contribution >= 4 is 68.2 Å². The number of rotatable bonds is 20. The number of phenolic OH excluding ortho intramolecular Hbond substituents is 1. The minimum atomic E-state index is -0.874. The van der Waals surface area contributed by atoms with Crippen molar-refractivity contribution in [3.8, 4) is 45.3 Å². The fraction of sp³-hybridized carbons (Fsp3) is 0.410. The third-order valence-electron chi connectivity index (χ3n) is 15.8. The van der Waals surface area contributed by atoms with Gasteiger partial charge < -0.3 is 49.0 Å². The number of benzene rings is 4. The van der Waals surface area contributed by atoms with E-state index < -0.39 is 29.9 Å². The van der Waals surface area contributed by atoms with Gasteiger partial charge in [-0.1, -0.05) is 80.6 Å². The van der Waals surface area contributed by atoms with E-state index in [-0.39, 0.29) is 122 Å². The number of aliphatic hydroxyl groups is 1. The van der Waals surface area contributed by atoms with Gasteiger partial charge in [-0.15, -0.1) is 11.3 Å². The number of thiazole rings is 1. The average Bonchev–Trinajstić information content (AvgIpc) is 4.00. The van der Waals surface area contributed by atoms with E-state index in [9.17, 15) is 29.9 Å². The second-order valence-electron chi connectivity index (χ2n) is 21.6. The number of aliphatic hydroxyl groups excluding tert-OH is 1. The molecule has 3 amide bonds. The second-order valence-corrected chi connectivity index (χ2v) is 22.9. The van der Waals surface area contributed by atoms with Crippen LogP contribution in [0.5, 0.6) is 17.6 Å². The van der Waals surface area contributed by atoms with Crippen molar-refractivity contribution in [2.75, 3.05) is 70.5 Å². The number of aromatic nitrogens is 4. The van der Waals surface area contributed by atoms with Crippen LogP contribution < -0.4 is 19.7 Å². The lowest BCUT2D eigenvalue weighted by Gasteiger charge is -2.41. The number of ether oxygens (including phenoxy) is 3. The number of fused-ring (bicyclic) bond motifs is 2. The van der Waals surface area contributed by atoms with Gasteiger partial charge in [0, 0.05) is 69.3 Å². The van der Waals surface area contributed by atoms with Crippen molar-refractivity contribution in [2.45, 2.75) is 89.6 Å². The summed E-state index contributed by atoms with van der Waals surface area (Å²) < 4.78 is 41.3. The Labute approximate surface area is 489 Å². The molecule has 22 heteroatoms. The van der Waals surface area contributed by atoms with Crippen LogP contribution in [0.1, 0.15) is 75.4 Å². The highest BCUT2D eigenvalue weighted by Crippen LogP contribution is 2.43. The molecule has 6 heterocycles. The van der Waals surface area contributed by atoms with Crippen molar-refractivity contribution in [1.29, 1.82) is 5.26 Å². The first-order valence-electron chi connectivity index (χ1n) is 27.9. The lowest BCUT2D eigenvalue weighted by molar-refractivity contribution is -0.141. The number of likely N-dealkylation sites (tertiary alicyclic amines) is 2. The lowest BCUT2D eigenvalue weighted by atomic mass is 9.91. The smallest absolute Gasteiger partial charge is 0.319 e. The molecule has 3 aromatic heterocycles. The highest BCUT2D eigenvalue weighted by molar-refractivity contribution is 7.13. The minimum absolute atomic E-state index is 0.00994. The number of anilines is 1. The van der Waals surface area contributed by atoms with Crippen LogP contribution in [0.4, 0.5) is 10.2 Å². The van der Waals surface area contributed by atoms with Gasteiger partial charge in [-0.3, -0.25) is 19.3 Å². The summed E-state index contributed by atoms with van der Waals surface area (Å²) in [6.45, 7) is 14.7. The summed E-state index contributed by atoms with van der Waals surface area (Å²) in [6.07, 6.45) is 1.99. The Morgan fingerprint density at radius 2 is 1.76 bits per heavy atom. The molecule has 3 saturated heterocycles. The summed E-state index contributed by atoms with van der Waals surface area (Å²) in [4.78, 5) is 62.9. The molecule has 434 valence electrons. The number of halogens is 2. The molecule has 0 aliphatic carbocycles. The van der Waals surface area contributed by atoms with Gasteiger partial charge in [0.1, 0.15) is 42.3 Å². The van der Waals surface area contributed by atoms with Gasteiger partial charge in [0.05, 0.1) is 64.5 Å². The highest BCUT2D eigenvalue weighted by Gasteiger charge is 2.44. The van der Waals surface area contributed by atoms with E-state index in [0.717, 1.165) is 47.6 Å². The summed E-state index contributed by atoms with van der Waals surface area (Å²) >= 11 is 8.53. The number of aryl methyl sites for hydroxylation is 1. The number of hydrogen-bond acceptors (Lipinski definition) is 17. The largest absolute Gasteiger partial charge is 0.508 e. The van der Waals surface area contributed by atoms with Gasteiger partial charge >= 0.3 is 6.01 Å². The number of nitriles is 1. The molecule has 7 aromatic rings. The van der Waals surface area contributed by atoms with Gasteiger partial charge in [0.25, 0.3) is 5.88 Å². The lowest BCUT2D eigenvalue weighted by Crippen LogP contribution is -2.55. The van der Waals surface area contributed by atoms with Crippen LogP contribution >= 0.6 is 22.9 Å². The number of piperidine rings is 1. The van der Waals surface area contributed by atoms with E-state index in [2.05, 4.69) is 38.0 Å². The minimum Gasteiger partial charge on any atom is -0.508 e. The highest BCUT2D eigenvalue weighted by atomic mass is 35.5. The zero-order valence-electron chi connectivity index (χ0n) is 46.7. The Kier molecular flexibility index (Phi) is 18.2. The van der Waals surface area contributed by atoms with E-state index in [1.807, 2.05) is 86.6 Å². The van der Waals surface area contributed by atoms with Crippen LogP contribution in [-0.2, 0) is 19.1 Å². The van der Waals surface area contributed by atoms with E-state index in [0.29, 0.717) is 46.4 Å². The average molecular weight is 1170 g/mol. The quantitative estimate of drug-likeness (QED) is 0.0477. The Balaban J connectivity index is 0.726. The van der Waals surface area contributed by atoms with Crippen LogP contribution in [0.3, 0.4) is 0 Å². The maximum atomic E-state index is 17.2. The molecule has 83 heavy (non-hydrogen) atoms. The van der Waals surface area contributed by atoms with E-state index in [4.69, 9.17) is 35.3 Å². The summed E-state index contributed by atoms with van der Waals surface area (Å²) in [5.74, 6) is -1.95. The summed E-state index contributed by atoms with van der Waals surface area (Å²) in [6, 6.07) is 22.0. The molecule has 0 spiro atoms. The molecule has 3 aliphatic heterocycles. The molecular weight excluding hydrogens is 1100 g/mol. The molecule has 0 unspecified atom stereocenters. The van der Waals surface area contributed by atoms with Gasteiger partial charge in [0.2, 0.25) is 17.7 Å². The van der Waals surface area contributed by atoms with E-state index in [1.165, 1.54) is 17.0 Å². The number of amides is 3. The van der Waals surface area contributed by atoms with E-state index >= 15 is 4.39 Å². The van der Waals surface area contributed by atoms with Crippen molar-refractivity contribution in [2.24, 2.45) is 5.92 Å². The normalized spacial score (nSPS) is 18.6. The summed E-state index contributed by atoms with van der Waals surface area (Å²) in [5, 5.41) is 40.1. The monoisotopic (exact) mass is 1170 g/mol. The number of nitrogens with one attached hydrogen (secondary N) is 1. The number of nitrogens with zero attached hydrogens (tertiary/aromatic N) is 9. The van der Waals surface area contributed by atoms with Crippen molar-refractivity contribution in [3.05, 3.63) is 119 Å². The second kappa shape index (κ2) is 25.8. The molecule has 3 aliphatic rings. The predicted molar refractivity (Wildman–Crippen MR) is 313 cm³/mol. The van der Waals surface area contributed by atoms with Crippen LogP contribution in [0, 0.1) is 30.0 Å². The third kappa shape index (κ3) is 12.9. The molecule has 4 aromatic carbocycles. The Hall–Kier alpha value is -7.74. The van der Waals surface area contributed by atoms with Crippen LogP contribution in [0.25, 0.3) is 43.2 Å². The summed E-state index contributed by atoms with van der Waals surface area (Å²) in [7, 11) is 0. The molecule has 0 bridgehead atoms. The molecule has 5 atom stereocenters. The van der Waals surface area contributed by atoms with Crippen LogP contribution in [-0.4, -0.2) is 153 Å². The maximum absolute atomic E-state index is 17.2. The zero-order valence-corrected chi connectivity index (χ0v) is 48.2. The van der Waals surface area contributed by atoms with Gasteiger partial charge in [-0.25, -0.2) is 9.37 Å². The van der Waals surface area contributed by atoms with Gasteiger partial charge in [0.15, 0.2) is 11.6 Å². The molecular formula is C61H66ClFN10O9S. The number of piperazine rings is 1. The van der Waals surface area contributed by atoms with Gasteiger partial charge in [-0.05, 0) is 89.5 Å². The van der Waals surface area contributed by atoms with Crippen molar-refractivity contribution in [1.82, 2.24) is 40.1 Å². The van der Waals surface area contributed by atoms with Crippen molar-refractivity contribution < 1.29 is 47.7 Å². The number of carbonyl (C=O) groups is 3. The summed E-state index contributed by atoms with van der Waals surface area (Å²) in [5.41, 5.74) is 5.13. The molecule has 0 saturated carbocycles. The first kappa shape index (κ1) is 58.5. The molecule has 19 nitrogen and oxygen atoms in total. The number of hydrogen-bond donors (Lipinski definition) is 3. The number of phenols is 1. The van der Waals surface area contributed by atoms with Gasteiger partial charge in [-0.2, -0.15) is 15.2 Å². The molecule has 10 rings (SSSR count). The number of aromatic hydroxyl groups is 1. The Morgan fingerprint density at radius 1 is 0.976 bits per heavy atom. The third-order valence-corrected chi connectivity index (χ3v) is 17.0. The molecule has 3 N–H and O–H groups in total. The number of carbonyl (C=O) groups excluding carboxylic acids is 3. The number of β-amino-alcohol motifs (C(OH)–C–C–N with tert-alkyl or cyclic N) is 1. The van der Waals surface area contributed by atoms with E-state index in [1.54, 1.807) is 34.4 Å². The first-order chi connectivity index (χ1) is 40.1. The topological polar surface area (TPSA) is 233 Å². The maximum Gasteiger partial charge on any atom is 0.319 e. The van der Waals surface area contributed by atoms with Crippen LogP contribution in [0.15, 0.2) is 95.5 Å². The van der Waals surface area contributed by atoms with Crippen molar-refractivity contribution in [3.63, 3.8) is 0 Å². The first-order valence-corrected chi connectivity index (χ1v) is 29.2. The standard InChI is InChI=1S/C61H66ClFN10O9S/c1-6-52(76)72-22-21-71(32-41(72)15-18-64)58-47-30-48(62)54(46-28-42(74)27-40-9-7-8-10-45(40)46)55(63)56(47)67-61(68-58)81-24-23-70-19-16-44(17-20-70)79-25-26-80-51-31-50(82-69-51)53(35(2)3)60(78)73-33-43(75)29-49(73)59(77)66-36(4)38-11-13-39(14-12-38)57-37(5)65-34-83-57/h6-14,27-28,30-31,34-36,41,43-44,49,53,74-75H,1,15-17,19-26,29,32-33H2,2-5H3,(H,66,77)/t36-,41-,43+,49-,53+/m0/s1. The predicted octanol–water partition coefficient (Wildman–Crippen LogP) is 9.00. The Morgan fingerprint density at radius 3 is 2.49 bits per heavy atom. The molecule has 0 radical (unpaired) electrons. The Bertz CT molecular complexity index is 3550. The zero-order chi connectivity index (χ0) is 58.5.